The first-order valence-electron chi connectivity index (χ1n) is 15.1. The van der Waals surface area contributed by atoms with Crippen LogP contribution in [0.3, 0.4) is 0 Å². The number of carbonyl (C=O) groups excluding carboxylic acids is 4. The molecule has 3 fully saturated rings. The van der Waals surface area contributed by atoms with E-state index in [0.717, 1.165) is 36.4 Å². The van der Waals surface area contributed by atoms with Gasteiger partial charge in [-0.1, -0.05) is 23.8 Å². The highest BCUT2D eigenvalue weighted by atomic mass is 35.5. The Morgan fingerprint density at radius 1 is 0.745 bits per heavy atom. The number of aromatic hydroxyl groups is 1. The third-order valence-corrected chi connectivity index (χ3v) is 11.5. The first kappa shape index (κ1) is 34.9. The van der Waals surface area contributed by atoms with Gasteiger partial charge in [0.05, 0.1) is 34.3 Å². The Hall–Kier alpha value is -4.50. The van der Waals surface area contributed by atoms with Crippen molar-refractivity contribution in [1.29, 1.82) is 0 Å². The fourth-order valence-corrected chi connectivity index (χ4v) is 8.76. The van der Waals surface area contributed by atoms with Crippen LogP contribution in [0.15, 0.2) is 72.3 Å². The molecule has 2 saturated heterocycles. The molecule has 17 heteroatoms. The summed E-state index contributed by atoms with van der Waals surface area (Å²) in [4.78, 5) is 52.2. The fourth-order valence-electron chi connectivity index (χ4n) is 7.83. The zero-order valence-corrected chi connectivity index (χ0v) is 26.8. The minimum Gasteiger partial charge on any atom is -0.505 e. The van der Waals surface area contributed by atoms with E-state index in [4.69, 9.17) is 23.2 Å². The van der Waals surface area contributed by atoms with Crippen molar-refractivity contribution in [2.24, 2.45) is 17.8 Å². The molecular weight excluding hydrogens is 739 g/mol. The van der Waals surface area contributed by atoms with Crippen molar-refractivity contribution < 1.29 is 59.4 Å². The maximum atomic E-state index is 14.9. The van der Waals surface area contributed by atoms with Gasteiger partial charge in [0.15, 0.2) is 21.3 Å². The second-order valence-electron chi connectivity index (χ2n) is 12.7. The molecule has 3 aromatic rings. The molecule has 0 unspecified atom stereocenters. The monoisotopic (exact) mass is 758 g/mol. The van der Waals surface area contributed by atoms with Gasteiger partial charge in [0.25, 0.3) is 11.8 Å². The van der Waals surface area contributed by atoms with E-state index in [9.17, 15) is 59.4 Å². The number of hydrogen-bond donors (Lipinski definition) is 1. The molecule has 2 aliphatic heterocycles. The molecule has 4 amide bonds. The average molecular weight is 759 g/mol. The first-order valence-corrected chi connectivity index (χ1v) is 15.8. The molecule has 51 heavy (non-hydrogen) atoms. The Balaban J connectivity index is 1.39. The highest BCUT2D eigenvalue weighted by Crippen LogP contribution is 2.66. The van der Waals surface area contributed by atoms with Gasteiger partial charge in [0.2, 0.25) is 11.8 Å². The van der Waals surface area contributed by atoms with Gasteiger partial charge in [-0.3, -0.25) is 19.2 Å². The van der Waals surface area contributed by atoms with Crippen molar-refractivity contribution in [2.45, 2.75) is 40.9 Å². The summed E-state index contributed by atoms with van der Waals surface area (Å²) in [5.41, 5.74) is -5.00. The largest absolute Gasteiger partial charge is 0.505 e. The Labute approximate surface area is 292 Å². The smallest absolute Gasteiger partial charge is 0.416 e. The molecule has 4 aliphatic rings. The van der Waals surface area contributed by atoms with Gasteiger partial charge in [0, 0.05) is 11.5 Å². The van der Waals surface area contributed by atoms with Gasteiger partial charge in [-0.2, -0.15) is 26.3 Å². The van der Waals surface area contributed by atoms with Gasteiger partial charge >= 0.3 is 12.4 Å². The van der Waals surface area contributed by atoms with Crippen LogP contribution >= 0.6 is 23.2 Å². The molecule has 2 aliphatic carbocycles. The van der Waals surface area contributed by atoms with Crippen molar-refractivity contribution in [3.05, 3.63) is 101 Å². The summed E-state index contributed by atoms with van der Waals surface area (Å²) in [5, 5.41) is 10.9. The molecule has 0 aromatic heterocycles. The summed E-state index contributed by atoms with van der Waals surface area (Å²) in [5.74, 6) is -13.5. The topological polar surface area (TPSA) is 95.0 Å². The van der Waals surface area contributed by atoms with Crippen LogP contribution < -0.4 is 9.80 Å². The van der Waals surface area contributed by atoms with Crippen molar-refractivity contribution >= 4 is 58.2 Å². The molecule has 3 aromatic carbocycles. The van der Waals surface area contributed by atoms with Crippen LogP contribution in [0.1, 0.15) is 35.4 Å². The van der Waals surface area contributed by atoms with E-state index in [0.29, 0.717) is 4.90 Å². The van der Waals surface area contributed by atoms with Crippen LogP contribution in [0.25, 0.3) is 0 Å². The summed E-state index contributed by atoms with van der Waals surface area (Å²) in [6.45, 7) is 0. The highest BCUT2D eigenvalue weighted by Gasteiger charge is 2.77. The lowest BCUT2D eigenvalue weighted by atomic mass is 9.56. The molecule has 1 N–H and O–H groups in total. The number of allylic oxidation sites excluding steroid dienone is 2. The van der Waals surface area contributed by atoms with Gasteiger partial charge in [-0.15, -0.1) is 23.2 Å². The van der Waals surface area contributed by atoms with Crippen LogP contribution in [0.5, 0.6) is 5.75 Å². The van der Waals surface area contributed by atoms with Gasteiger partial charge in [0.1, 0.15) is 5.82 Å². The molecule has 0 spiro atoms. The van der Waals surface area contributed by atoms with E-state index < -0.39 is 110 Å². The number of amides is 4. The highest BCUT2D eigenvalue weighted by molar-refractivity contribution is 6.58. The third kappa shape index (κ3) is 4.90. The predicted molar refractivity (Wildman–Crippen MR) is 164 cm³/mol. The zero-order valence-electron chi connectivity index (χ0n) is 25.3. The Bertz CT molecular complexity index is 2060. The van der Waals surface area contributed by atoms with Crippen LogP contribution in [-0.4, -0.2) is 38.5 Å². The van der Waals surface area contributed by atoms with E-state index in [2.05, 4.69) is 0 Å². The molecular formula is C34H20Cl2F8N2O5. The van der Waals surface area contributed by atoms with Crippen molar-refractivity contribution in [1.82, 2.24) is 0 Å². The SMILES string of the molecule is O=C1[C@H]2[C@H](CC=C3[C@H]2C[C@@]2(Cl)C(=O)N(c4ccc(F)cc4)C(=O)[C@@]2(Cl)[C@H]3c2cccc(F)c2O)C(=O)N1c1cc(C(F)(F)F)cc(C(F)(F)F)c1. The number of alkyl halides is 8. The molecule has 7 rings (SSSR count). The number of halogens is 10. The molecule has 266 valence electrons. The van der Waals surface area contributed by atoms with Crippen LogP contribution in [-0.2, 0) is 31.5 Å². The number of phenolic OH excluding ortho intramolecular Hbond substituents is 1. The quantitative estimate of drug-likeness (QED) is 0.130. The van der Waals surface area contributed by atoms with Gasteiger partial charge in [-0.25, -0.2) is 18.6 Å². The van der Waals surface area contributed by atoms with Crippen molar-refractivity contribution in [3.8, 4) is 5.75 Å². The molecule has 6 atom stereocenters. The lowest BCUT2D eigenvalue weighted by molar-refractivity contribution is -0.143. The Morgan fingerprint density at radius 2 is 1.35 bits per heavy atom. The average Bonchev–Trinajstić information content (AvgIpc) is 3.40. The van der Waals surface area contributed by atoms with E-state index in [1.54, 1.807) is 0 Å². The summed E-state index contributed by atoms with van der Waals surface area (Å²) >= 11 is 14.2. The number of benzene rings is 3. The zero-order chi connectivity index (χ0) is 37.2. The van der Waals surface area contributed by atoms with Gasteiger partial charge in [-0.05, 0) is 67.3 Å². The van der Waals surface area contributed by atoms with E-state index in [-0.39, 0.29) is 46.3 Å². The second kappa shape index (κ2) is 11.2. The molecule has 7 nitrogen and oxygen atoms in total. The molecule has 0 bridgehead atoms. The first-order chi connectivity index (χ1) is 23.7. The number of fused-ring (bicyclic) bond motifs is 4. The number of nitrogens with zero attached hydrogens (tertiary/aromatic N) is 2. The number of rotatable bonds is 3. The lowest BCUT2D eigenvalue weighted by Crippen LogP contribution is -2.60. The molecule has 0 radical (unpaired) electrons. The second-order valence-corrected chi connectivity index (χ2v) is 13.9. The normalized spacial score (nSPS) is 29.3. The minimum atomic E-state index is -5.30. The summed E-state index contributed by atoms with van der Waals surface area (Å²) in [6, 6.07) is 7.59. The van der Waals surface area contributed by atoms with Crippen LogP contribution in [0.2, 0.25) is 0 Å². The number of phenols is 1. The van der Waals surface area contributed by atoms with Crippen LogP contribution in [0.4, 0.5) is 46.5 Å². The maximum Gasteiger partial charge on any atom is 0.416 e. The van der Waals surface area contributed by atoms with E-state index >= 15 is 0 Å². The Morgan fingerprint density at radius 3 is 1.94 bits per heavy atom. The Kier molecular flexibility index (Phi) is 7.70. The van der Waals surface area contributed by atoms with Crippen molar-refractivity contribution in [2.75, 3.05) is 9.80 Å². The van der Waals surface area contributed by atoms with Crippen molar-refractivity contribution in [3.63, 3.8) is 0 Å². The number of imide groups is 2. The fraction of sp³-hybridized carbons (Fsp3) is 0.294. The molecule has 1 saturated carbocycles. The van der Waals surface area contributed by atoms with Crippen LogP contribution in [0, 0.1) is 29.4 Å². The number of hydrogen-bond acceptors (Lipinski definition) is 5. The summed E-state index contributed by atoms with van der Waals surface area (Å²) in [7, 11) is 0. The third-order valence-electron chi connectivity index (χ3n) is 10.1. The number of para-hydroxylation sites is 1. The minimum absolute atomic E-state index is 0.0496. The maximum absolute atomic E-state index is 14.9. The predicted octanol–water partition coefficient (Wildman–Crippen LogP) is 7.48. The summed E-state index contributed by atoms with van der Waals surface area (Å²) < 4.78 is 111. The van der Waals surface area contributed by atoms with Gasteiger partial charge < -0.3 is 5.11 Å². The summed E-state index contributed by atoms with van der Waals surface area (Å²) in [6.07, 6.45) is -10.2. The standard InChI is InChI=1S/C34H20Cl2F8N2O5/c35-31-13-22-19(8-9-20-24(22)28(49)45(27(20)48)18-11-14(33(39,40)41)10-15(12-18)34(42,43)44)25(21-2-1-3-23(38)26(21)47)32(31,36)30(51)46(29(31)50)17-6-4-16(37)5-7-17/h1-8,10-12,20,22,24-25,47H,9,13H2/t20-,22+,24-,25+,31+,32-/m0/s1. The van der Waals surface area contributed by atoms with E-state index in [1.807, 2.05) is 0 Å². The number of anilines is 2. The molecule has 2 heterocycles. The number of carbonyl (C=O) groups is 4. The lowest BCUT2D eigenvalue weighted by Gasteiger charge is -2.50. The van der Waals surface area contributed by atoms with E-state index in [1.165, 1.54) is 12.1 Å².